The first-order valence-corrected chi connectivity index (χ1v) is 4.71. The summed E-state index contributed by atoms with van der Waals surface area (Å²) in [6.07, 6.45) is 3.59. The van der Waals surface area contributed by atoms with Gasteiger partial charge in [0.1, 0.15) is 0 Å². The highest BCUT2D eigenvalue weighted by atomic mass is 16.5. The Morgan fingerprint density at radius 2 is 2.36 bits per heavy atom. The monoisotopic (exact) mass is 193 g/mol. The van der Waals surface area contributed by atoms with E-state index in [9.17, 15) is 0 Å². The molecule has 2 rings (SSSR count). The Morgan fingerprint density at radius 3 is 3.00 bits per heavy atom. The van der Waals surface area contributed by atoms with Crippen molar-refractivity contribution in [3.05, 3.63) is 24.0 Å². The lowest BCUT2D eigenvalue weighted by Gasteiger charge is -2.09. The third kappa shape index (κ3) is 1.95. The van der Waals surface area contributed by atoms with Crippen molar-refractivity contribution in [2.75, 3.05) is 6.61 Å². The summed E-state index contributed by atoms with van der Waals surface area (Å²) in [6.45, 7) is 0.762. The van der Waals surface area contributed by atoms with Gasteiger partial charge in [0.15, 0.2) is 0 Å². The van der Waals surface area contributed by atoms with E-state index in [1.54, 1.807) is 18.3 Å². The molecule has 1 saturated heterocycles. The summed E-state index contributed by atoms with van der Waals surface area (Å²) in [5.41, 5.74) is 1.25. The molecular weight excluding hydrogens is 181 g/mol. The van der Waals surface area contributed by atoms with E-state index in [0.717, 1.165) is 25.1 Å². The topological polar surface area (TPSA) is 62.6 Å². The predicted molar refractivity (Wildman–Crippen MR) is 52.0 cm³/mol. The molecule has 74 valence electrons. The van der Waals surface area contributed by atoms with Crippen LogP contribution in [0.15, 0.2) is 18.3 Å². The number of nitrogens with zero attached hydrogens (tertiary/aromatic N) is 1. The predicted octanol–water partition coefficient (Wildman–Crippen LogP) is -0.387. The Hall–Kier alpha value is -0.905. The van der Waals surface area contributed by atoms with Crippen LogP contribution in [0.25, 0.3) is 0 Å². The molecule has 0 bridgehead atoms. The summed E-state index contributed by atoms with van der Waals surface area (Å²) in [6, 6.07) is 3.27. The summed E-state index contributed by atoms with van der Waals surface area (Å²) in [5.74, 6) is 0. The van der Waals surface area contributed by atoms with E-state index in [-0.39, 0.29) is 6.10 Å². The summed E-state index contributed by atoms with van der Waals surface area (Å²) >= 11 is 0. The second kappa shape index (κ2) is 4.08. The fourth-order valence-electron chi connectivity index (χ4n) is 1.61. The maximum absolute atomic E-state index is 8.98. The highest BCUT2D eigenvalue weighted by Gasteiger charge is 2.20. The van der Waals surface area contributed by atoms with Crippen molar-refractivity contribution in [2.45, 2.75) is 18.9 Å². The van der Waals surface area contributed by atoms with Gasteiger partial charge in [0.25, 0.3) is 0 Å². The van der Waals surface area contributed by atoms with Gasteiger partial charge in [-0.1, -0.05) is 0 Å². The highest BCUT2D eigenvalue weighted by Crippen LogP contribution is 2.25. The zero-order chi connectivity index (χ0) is 9.97. The lowest BCUT2D eigenvalue weighted by Crippen LogP contribution is -2.30. The first-order valence-electron chi connectivity index (χ1n) is 4.71. The van der Waals surface area contributed by atoms with Crippen molar-refractivity contribution in [1.29, 1.82) is 0 Å². The van der Waals surface area contributed by atoms with Gasteiger partial charge in [0.2, 0.25) is 0 Å². The van der Waals surface area contributed by atoms with Crippen LogP contribution in [-0.2, 0) is 4.74 Å². The molecule has 1 atom stereocenters. The third-order valence-corrected chi connectivity index (χ3v) is 2.36. The SMILES string of the molecule is OB(O)c1ccnc(C2CCCO2)c1. The van der Waals surface area contributed by atoms with Crippen LogP contribution < -0.4 is 5.46 Å². The molecular formula is C9H12BNO3. The summed E-state index contributed by atoms with van der Waals surface area (Å²) in [5, 5.41) is 18.0. The van der Waals surface area contributed by atoms with E-state index in [1.807, 2.05) is 0 Å². The average Bonchev–Trinajstić information content (AvgIpc) is 2.71. The number of hydrogen-bond acceptors (Lipinski definition) is 4. The van der Waals surface area contributed by atoms with E-state index in [1.165, 1.54) is 0 Å². The van der Waals surface area contributed by atoms with Crippen molar-refractivity contribution < 1.29 is 14.8 Å². The van der Waals surface area contributed by atoms with Crippen LogP contribution in [0.5, 0.6) is 0 Å². The van der Waals surface area contributed by atoms with Crippen LogP contribution in [0.3, 0.4) is 0 Å². The van der Waals surface area contributed by atoms with E-state index in [0.29, 0.717) is 5.46 Å². The minimum atomic E-state index is -1.43. The van der Waals surface area contributed by atoms with Crippen LogP contribution in [0.4, 0.5) is 0 Å². The van der Waals surface area contributed by atoms with Crippen LogP contribution in [0.2, 0.25) is 0 Å². The molecule has 1 fully saturated rings. The van der Waals surface area contributed by atoms with E-state index in [2.05, 4.69) is 4.98 Å². The molecule has 0 saturated carbocycles. The average molecular weight is 193 g/mol. The first-order chi connectivity index (χ1) is 6.77. The number of ether oxygens (including phenoxy) is 1. The normalized spacial score (nSPS) is 21.1. The number of pyridine rings is 1. The van der Waals surface area contributed by atoms with Gasteiger partial charge in [0.05, 0.1) is 11.8 Å². The quantitative estimate of drug-likeness (QED) is 0.628. The van der Waals surface area contributed by atoms with Gasteiger partial charge in [-0.25, -0.2) is 0 Å². The number of aromatic nitrogens is 1. The molecule has 2 heterocycles. The number of rotatable bonds is 2. The Bertz CT molecular complexity index is 313. The van der Waals surface area contributed by atoms with Gasteiger partial charge in [0, 0.05) is 12.8 Å². The molecule has 0 amide bonds. The smallest absolute Gasteiger partial charge is 0.423 e. The standard InChI is InChI=1S/C9H12BNO3/c12-10(13)7-3-4-11-8(6-7)9-2-1-5-14-9/h3-4,6,9,12-13H,1-2,5H2. The molecule has 1 unspecified atom stereocenters. The molecule has 1 aliphatic rings. The van der Waals surface area contributed by atoms with E-state index < -0.39 is 7.12 Å². The van der Waals surface area contributed by atoms with Gasteiger partial charge in [-0.2, -0.15) is 0 Å². The Morgan fingerprint density at radius 1 is 1.50 bits per heavy atom. The molecule has 4 nitrogen and oxygen atoms in total. The molecule has 0 radical (unpaired) electrons. The molecule has 14 heavy (non-hydrogen) atoms. The zero-order valence-corrected chi connectivity index (χ0v) is 7.76. The zero-order valence-electron chi connectivity index (χ0n) is 7.76. The third-order valence-electron chi connectivity index (χ3n) is 2.36. The van der Waals surface area contributed by atoms with Gasteiger partial charge in [-0.3, -0.25) is 4.98 Å². The van der Waals surface area contributed by atoms with Crippen molar-refractivity contribution in [2.24, 2.45) is 0 Å². The fraction of sp³-hybridized carbons (Fsp3) is 0.444. The van der Waals surface area contributed by atoms with Crippen LogP contribution in [-0.4, -0.2) is 28.8 Å². The first kappa shape index (κ1) is 9.64. The minimum Gasteiger partial charge on any atom is -0.423 e. The maximum atomic E-state index is 8.98. The summed E-state index contributed by atoms with van der Waals surface area (Å²) in [7, 11) is -1.43. The highest BCUT2D eigenvalue weighted by molar-refractivity contribution is 6.58. The van der Waals surface area contributed by atoms with E-state index >= 15 is 0 Å². The molecule has 0 aromatic carbocycles. The fourth-order valence-corrected chi connectivity index (χ4v) is 1.61. The van der Waals surface area contributed by atoms with Crippen molar-refractivity contribution in [3.8, 4) is 0 Å². The van der Waals surface area contributed by atoms with E-state index in [4.69, 9.17) is 14.8 Å². The molecule has 1 aromatic heterocycles. The molecule has 0 spiro atoms. The second-order valence-electron chi connectivity index (χ2n) is 3.39. The van der Waals surface area contributed by atoms with Gasteiger partial charge in [-0.15, -0.1) is 0 Å². The Kier molecular flexibility index (Phi) is 2.81. The number of hydrogen-bond donors (Lipinski definition) is 2. The molecule has 2 N–H and O–H groups in total. The van der Waals surface area contributed by atoms with Crippen molar-refractivity contribution >= 4 is 12.6 Å². The minimum absolute atomic E-state index is 0.0219. The molecule has 0 aliphatic carbocycles. The lowest BCUT2D eigenvalue weighted by molar-refractivity contribution is 0.108. The lowest BCUT2D eigenvalue weighted by atomic mass is 9.80. The maximum Gasteiger partial charge on any atom is 0.488 e. The van der Waals surface area contributed by atoms with Crippen molar-refractivity contribution in [1.82, 2.24) is 4.98 Å². The van der Waals surface area contributed by atoms with Gasteiger partial charge < -0.3 is 14.8 Å². The largest absolute Gasteiger partial charge is 0.488 e. The molecule has 5 heteroatoms. The van der Waals surface area contributed by atoms with Gasteiger partial charge in [-0.05, 0) is 30.4 Å². The van der Waals surface area contributed by atoms with Crippen LogP contribution in [0, 0.1) is 0 Å². The van der Waals surface area contributed by atoms with Crippen LogP contribution >= 0.6 is 0 Å². The Labute approximate surface area is 82.7 Å². The molecule has 1 aliphatic heterocycles. The summed E-state index contributed by atoms with van der Waals surface area (Å²) < 4.78 is 5.45. The van der Waals surface area contributed by atoms with Gasteiger partial charge >= 0.3 is 7.12 Å². The second-order valence-corrected chi connectivity index (χ2v) is 3.39. The molecule has 1 aromatic rings. The Balaban J connectivity index is 2.21. The van der Waals surface area contributed by atoms with Crippen LogP contribution in [0.1, 0.15) is 24.6 Å². The van der Waals surface area contributed by atoms with Crippen molar-refractivity contribution in [3.63, 3.8) is 0 Å². The summed E-state index contributed by atoms with van der Waals surface area (Å²) in [4.78, 5) is 4.16.